The number of hydrogen-bond donors (Lipinski definition) is 1. The lowest BCUT2D eigenvalue weighted by molar-refractivity contribution is 0.312. The molecule has 0 amide bonds. The fourth-order valence-corrected chi connectivity index (χ4v) is 1.58. The molecule has 0 aromatic heterocycles. The lowest BCUT2D eigenvalue weighted by atomic mass is 10.8. The molecule has 0 bridgehead atoms. The zero-order valence-corrected chi connectivity index (χ0v) is 5.43. The van der Waals surface area contributed by atoms with Gasteiger partial charge in [0.25, 0.3) is 0 Å². The highest BCUT2D eigenvalue weighted by molar-refractivity contribution is 7.47. The Labute approximate surface area is 49.5 Å². The molecule has 0 spiro atoms. The molecule has 0 aliphatic carbocycles. The summed E-state index contributed by atoms with van der Waals surface area (Å²) < 4.78 is 10.2. The van der Waals surface area contributed by atoms with Gasteiger partial charge in [-0.25, -0.2) is 0 Å². The van der Waals surface area contributed by atoms with E-state index in [1.165, 1.54) is 0 Å². The molecule has 0 radical (unpaired) electrons. The monoisotopic (exact) mass is 136 g/mol. The molecular weight excluding hydrogens is 127 g/mol. The molecule has 3 nitrogen and oxygen atoms in total. The summed E-state index contributed by atoms with van der Waals surface area (Å²) in [6.45, 7) is 1.57. The normalized spacial score (nSPS) is 22.1. The third-order valence-corrected chi connectivity index (χ3v) is 2.34. The molecule has 1 heterocycles. The fourth-order valence-electron chi connectivity index (χ4n) is 0.526. The third kappa shape index (κ3) is 1.67. The van der Waals surface area contributed by atoms with Crippen LogP contribution in [0.1, 0.15) is 0 Å². The Hall–Kier alpha value is 0.310. The molecule has 1 saturated heterocycles. The van der Waals surface area contributed by atoms with Crippen molar-refractivity contribution in [3.63, 3.8) is 0 Å². The van der Waals surface area contributed by atoms with Crippen LogP contribution in [-0.2, 0) is 9.05 Å². The minimum atomic E-state index is -0.695. The Morgan fingerprint density at radius 3 is 2.50 bits per heavy atom. The molecule has 8 heavy (non-hydrogen) atoms. The number of rotatable bonds is 2. The van der Waals surface area contributed by atoms with Gasteiger partial charge in [-0.05, 0) is 0 Å². The van der Waals surface area contributed by atoms with Crippen LogP contribution in [0.15, 0.2) is 0 Å². The summed E-state index contributed by atoms with van der Waals surface area (Å²) in [6, 6.07) is 0. The van der Waals surface area contributed by atoms with Crippen molar-refractivity contribution in [2.75, 3.05) is 26.0 Å². The lowest BCUT2D eigenvalue weighted by Crippen LogP contribution is -1.88. The van der Waals surface area contributed by atoms with Gasteiger partial charge in [0.05, 0.1) is 19.8 Å². The topological polar surface area (TPSA) is 38.7 Å². The van der Waals surface area contributed by atoms with E-state index in [9.17, 15) is 0 Å². The van der Waals surface area contributed by atoms with Gasteiger partial charge in [0.1, 0.15) is 0 Å². The Kier molecular flexibility index (Phi) is 2.70. The molecular formula is C4H9O3P. The molecule has 48 valence electrons. The van der Waals surface area contributed by atoms with Crippen molar-refractivity contribution in [2.45, 2.75) is 0 Å². The first-order chi connectivity index (χ1) is 3.93. The predicted molar refractivity (Wildman–Crippen MR) is 30.8 cm³/mol. The van der Waals surface area contributed by atoms with Crippen LogP contribution in [0.4, 0.5) is 0 Å². The summed E-state index contributed by atoms with van der Waals surface area (Å²) in [5.41, 5.74) is 0. The molecule has 0 unspecified atom stereocenters. The maximum atomic E-state index is 8.38. The number of aliphatic hydroxyl groups excluding tert-OH is 1. The van der Waals surface area contributed by atoms with E-state index >= 15 is 0 Å². The van der Waals surface area contributed by atoms with E-state index in [0.29, 0.717) is 19.4 Å². The lowest BCUT2D eigenvalue weighted by Gasteiger charge is -2.02. The van der Waals surface area contributed by atoms with Crippen molar-refractivity contribution in [3.8, 4) is 0 Å². The molecule has 1 rings (SSSR count). The maximum absolute atomic E-state index is 8.38. The van der Waals surface area contributed by atoms with Crippen LogP contribution < -0.4 is 0 Å². The first kappa shape index (κ1) is 6.43. The Morgan fingerprint density at radius 1 is 1.38 bits per heavy atom. The molecule has 0 aromatic carbocycles. The third-order valence-electron chi connectivity index (χ3n) is 0.836. The van der Waals surface area contributed by atoms with Crippen molar-refractivity contribution in [1.29, 1.82) is 0 Å². The van der Waals surface area contributed by atoms with Crippen molar-refractivity contribution >= 4 is 8.38 Å². The van der Waals surface area contributed by atoms with E-state index in [4.69, 9.17) is 14.2 Å². The highest BCUT2D eigenvalue weighted by Crippen LogP contribution is 2.41. The van der Waals surface area contributed by atoms with E-state index in [0.717, 1.165) is 0 Å². The molecule has 0 aromatic rings. The zero-order valence-electron chi connectivity index (χ0n) is 4.54. The molecule has 1 N–H and O–H groups in total. The van der Waals surface area contributed by atoms with Gasteiger partial charge < -0.3 is 14.2 Å². The highest BCUT2D eigenvalue weighted by Gasteiger charge is 2.14. The van der Waals surface area contributed by atoms with Gasteiger partial charge >= 0.3 is 0 Å². The van der Waals surface area contributed by atoms with Crippen molar-refractivity contribution < 1.29 is 14.2 Å². The number of hydrogen-bond acceptors (Lipinski definition) is 3. The van der Waals surface area contributed by atoms with Crippen LogP contribution in [0.5, 0.6) is 0 Å². The Balaban J connectivity index is 2.06. The van der Waals surface area contributed by atoms with Crippen LogP contribution in [-0.4, -0.2) is 31.1 Å². The minimum absolute atomic E-state index is 0.172. The Bertz CT molecular complexity index is 62.3. The van der Waals surface area contributed by atoms with Gasteiger partial charge in [-0.2, -0.15) is 0 Å². The van der Waals surface area contributed by atoms with Crippen molar-refractivity contribution in [2.24, 2.45) is 0 Å². The van der Waals surface area contributed by atoms with Gasteiger partial charge in [-0.15, -0.1) is 0 Å². The predicted octanol–water partition coefficient (Wildman–Crippen LogP) is 0.337. The largest absolute Gasteiger partial charge is 0.396 e. The highest BCUT2D eigenvalue weighted by atomic mass is 31.2. The van der Waals surface area contributed by atoms with Crippen LogP contribution in [0.2, 0.25) is 0 Å². The first-order valence-corrected chi connectivity index (χ1v) is 3.94. The summed E-state index contributed by atoms with van der Waals surface area (Å²) in [6.07, 6.45) is 0.662. The second-order valence-electron chi connectivity index (χ2n) is 1.45. The van der Waals surface area contributed by atoms with Crippen molar-refractivity contribution in [1.82, 2.24) is 0 Å². The fraction of sp³-hybridized carbons (Fsp3) is 1.00. The van der Waals surface area contributed by atoms with Gasteiger partial charge in [0.15, 0.2) is 8.38 Å². The van der Waals surface area contributed by atoms with Gasteiger partial charge in [-0.1, -0.05) is 0 Å². The first-order valence-electron chi connectivity index (χ1n) is 2.57. The molecule has 0 atom stereocenters. The van der Waals surface area contributed by atoms with Crippen LogP contribution in [0, 0.1) is 0 Å². The summed E-state index contributed by atoms with van der Waals surface area (Å²) in [7, 11) is -0.695. The standard InChI is InChI=1S/C4H9O3P/c5-1-4-8-6-2-3-7-8/h5H,1-4H2. The summed E-state index contributed by atoms with van der Waals surface area (Å²) in [5, 5.41) is 8.38. The van der Waals surface area contributed by atoms with E-state index in [2.05, 4.69) is 0 Å². The van der Waals surface area contributed by atoms with Gasteiger partial charge in [0, 0.05) is 6.16 Å². The second-order valence-corrected chi connectivity index (χ2v) is 3.08. The average molecular weight is 136 g/mol. The maximum Gasteiger partial charge on any atom is 0.172 e. The van der Waals surface area contributed by atoms with Gasteiger partial charge in [-0.3, -0.25) is 0 Å². The molecule has 1 fully saturated rings. The van der Waals surface area contributed by atoms with E-state index in [1.54, 1.807) is 0 Å². The molecule has 1 aliphatic heterocycles. The van der Waals surface area contributed by atoms with E-state index < -0.39 is 8.38 Å². The molecule has 0 saturated carbocycles. The summed E-state index contributed by atoms with van der Waals surface area (Å²) in [4.78, 5) is 0. The summed E-state index contributed by atoms with van der Waals surface area (Å²) >= 11 is 0. The second kappa shape index (κ2) is 3.36. The van der Waals surface area contributed by atoms with Gasteiger partial charge in [0.2, 0.25) is 0 Å². The van der Waals surface area contributed by atoms with Crippen LogP contribution >= 0.6 is 8.38 Å². The quantitative estimate of drug-likeness (QED) is 0.556. The molecule has 4 heteroatoms. The van der Waals surface area contributed by atoms with Crippen LogP contribution in [0.3, 0.4) is 0 Å². The smallest absolute Gasteiger partial charge is 0.172 e. The van der Waals surface area contributed by atoms with Crippen LogP contribution in [0.25, 0.3) is 0 Å². The Morgan fingerprint density at radius 2 is 2.00 bits per heavy atom. The molecule has 1 aliphatic rings. The van der Waals surface area contributed by atoms with Crippen molar-refractivity contribution in [3.05, 3.63) is 0 Å². The van der Waals surface area contributed by atoms with E-state index in [1.807, 2.05) is 0 Å². The van der Waals surface area contributed by atoms with E-state index in [-0.39, 0.29) is 6.61 Å². The SMILES string of the molecule is OCCP1OCCO1. The zero-order chi connectivity index (χ0) is 5.82. The number of aliphatic hydroxyl groups is 1. The average Bonchev–Trinajstić information content (AvgIpc) is 2.19. The minimum Gasteiger partial charge on any atom is -0.396 e. The summed E-state index contributed by atoms with van der Waals surface area (Å²) in [5.74, 6) is 0.